The number of anilines is 1. The molecular weight excluding hydrogens is 352 g/mol. The Balaban J connectivity index is 1.52. The largest absolute Gasteiger partial charge is 0.368 e. The van der Waals surface area contributed by atoms with Crippen molar-refractivity contribution in [1.29, 1.82) is 0 Å². The lowest BCUT2D eigenvalue weighted by molar-refractivity contribution is 0.0699. The number of nitrogens with two attached hydrogens (primary N) is 1. The lowest BCUT2D eigenvalue weighted by atomic mass is 9.90. The molecule has 1 atom stereocenters. The van der Waals surface area contributed by atoms with Gasteiger partial charge >= 0.3 is 0 Å². The van der Waals surface area contributed by atoms with E-state index in [9.17, 15) is 4.79 Å². The van der Waals surface area contributed by atoms with Crippen molar-refractivity contribution in [2.24, 2.45) is 0 Å². The summed E-state index contributed by atoms with van der Waals surface area (Å²) in [7, 11) is 0. The molecule has 4 rings (SSSR count). The number of benzene rings is 1. The molecule has 7 nitrogen and oxygen atoms in total. The molecular formula is C21H24N6O. The van der Waals surface area contributed by atoms with Crippen molar-refractivity contribution in [2.75, 3.05) is 18.8 Å². The summed E-state index contributed by atoms with van der Waals surface area (Å²) in [5.41, 5.74) is 10.3. The second kappa shape index (κ2) is 7.80. The second-order valence-electron chi connectivity index (χ2n) is 7.31. The number of nitrogens with zero attached hydrogens (tertiary/aromatic N) is 4. The van der Waals surface area contributed by atoms with E-state index >= 15 is 0 Å². The zero-order valence-electron chi connectivity index (χ0n) is 15.9. The summed E-state index contributed by atoms with van der Waals surface area (Å²) in [5, 5.41) is 7.46. The maximum absolute atomic E-state index is 12.9. The summed E-state index contributed by atoms with van der Waals surface area (Å²) in [6, 6.07) is 12.0. The van der Waals surface area contributed by atoms with Gasteiger partial charge in [-0.05, 0) is 37.0 Å². The van der Waals surface area contributed by atoms with E-state index in [1.54, 1.807) is 6.07 Å². The van der Waals surface area contributed by atoms with Gasteiger partial charge in [0.1, 0.15) is 5.69 Å². The summed E-state index contributed by atoms with van der Waals surface area (Å²) >= 11 is 0. The number of hydrogen-bond acceptors (Lipinski definition) is 5. The standard InChI is InChI=1S/C21H24N6O/c1-14-10-18(25-21(22)24-14)20(28)27-9-5-8-16(13-27)19-17(12-23-26-19)11-15-6-3-2-4-7-15/h2-4,6-7,10,12,16H,5,8-9,11,13H2,1H3,(H,23,26)(H2,22,24,25)/t16-/m0/s1. The van der Waals surface area contributed by atoms with E-state index in [2.05, 4.69) is 32.3 Å². The van der Waals surface area contributed by atoms with Crippen LogP contribution in [-0.2, 0) is 6.42 Å². The van der Waals surface area contributed by atoms with E-state index in [1.807, 2.05) is 36.2 Å². The molecule has 0 saturated carbocycles. The fraction of sp³-hybridized carbons (Fsp3) is 0.333. The Morgan fingerprint density at radius 1 is 1.29 bits per heavy atom. The molecule has 0 bridgehead atoms. The molecule has 0 spiro atoms. The molecule has 1 amide bonds. The summed E-state index contributed by atoms with van der Waals surface area (Å²) in [6.45, 7) is 3.18. The van der Waals surface area contributed by atoms with Crippen LogP contribution in [-0.4, -0.2) is 44.1 Å². The predicted octanol–water partition coefficient (Wildman–Crippen LogP) is 2.70. The van der Waals surface area contributed by atoms with Crippen LogP contribution in [0.1, 0.15) is 51.8 Å². The van der Waals surface area contributed by atoms with E-state index in [4.69, 9.17) is 5.73 Å². The molecule has 0 radical (unpaired) electrons. The quantitative estimate of drug-likeness (QED) is 0.729. The number of aromatic amines is 1. The Morgan fingerprint density at radius 3 is 2.89 bits per heavy atom. The summed E-state index contributed by atoms with van der Waals surface area (Å²) in [6.07, 6.45) is 4.70. The van der Waals surface area contributed by atoms with Gasteiger partial charge in [-0.2, -0.15) is 5.10 Å². The summed E-state index contributed by atoms with van der Waals surface area (Å²) in [5.74, 6) is 0.279. The lowest BCUT2D eigenvalue weighted by Crippen LogP contribution is -2.40. The van der Waals surface area contributed by atoms with Crippen LogP contribution in [0.15, 0.2) is 42.6 Å². The molecule has 144 valence electrons. The van der Waals surface area contributed by atoms with Crippen LogP contribution >= 0.6 is 0 Å². The Bertz CT molecular complexity index is 948. The van der Waals surface area contributed by atoms with Crippen molar-refractivity contribution >= 4 is 11.9 Å². The molecule has 1 aliphatic rings. The van der Waals surface area contributed by atoms with Gasteiger partial charge < -0.3 is 10.6 Å². The SMILES string of the molecule is Cc1cc(C(=O)N2CCC[C@H](c3[nH]ncc3Cc3ccccc3)C2)nc(N)n1. The average Bonchev–Trinajstić information content (AvgIpc) is 3.15. The number of H-pyrrole nitrogens is 1. The first kappa shape index (κ1) is 18.2. The maximum Gasteiger partial charge on any atom is 0.272 e. The number of piperidine rings is 1. The molecule has 3 heterocycles. The third kappa shape index (κ3) is 3.88. The minimum Gasteiger partial charge on any atom is -0.368 e. The van der Waals surface area contributed by atoms with Gasteiger partial charge in [0.15, 0.2) is 0 Å². The van der Waals surface area contributed by atoms with Crippen LogP contribution in [0.4, 0.5) is 5.95 Å². The highest BCUT2D eigenvalue weighted by atomic mass is 16.2. The highest BCUT2D eigenvalue weighted by molar-refractivity contribution is 5.92. The van der Waals surface area contributed by atoms with Crippen LogP contribution in [0.3, 0.4) is 0 Å². The fourth-order valence-corrected chi connectivity index (χ4v) is 3.89. The highest BCUT2D eigenvalue weighted by Gasteiger charge is 2.28. The number of amides is 1. The zero-order chi connectivity index (χ0) is 19.5. The normalized spacial score (nSPS) is 16.9. The molecule has 0 unspecified atom stereocenters. The molecule has 7 heteroatoms. The number of likely N-dealkylation sites (tertiary alicyclic amines) is 1. The second-order valence-corrected chi connectivity index (χ2v) is 7.31. The molecule has 3 aromatic rings. The van der Waals surface area contributed by atoms with Crippen LogP contribution in [0, 0.1) is 6.92 Å². The Kier molecular flexibility index (Phi) is 5.06. The van der Waals surface area contributed by atoms with Gasteiger partial charge in [0.2, 0.25) is 5.95 Å². The highest BCUT2D eigenvalue weighted by Crippen LogP contribution is 2.29. The Morgan fingerprint density at radius 2 is 2.11 bits per heavy atom. The molecule has 28 heavy (non-hydrogen) atoms. The molecule has 1 aliphatic heterocycles. The summed E-state index contributed by atoms with van der Waals surface area (Å²) < 4.78 is 0. The monoisotopic (exact) mass is 376 g/mol. The van der Waals surface area contributed by atoms with Gasteiger partial charge in [0.25, 0.3) is 5.91 Å². The van der Waals surface area contributed by atoms with E-state index < -0.39 is 0 Å². The lowest BCUT2D eigenvalue weighted by Gasteiger charge is -2.32. The molecule has 1 fully saturated rings. The van der Waals surface area contributed by atoms with Crippen LogP contribution in [0.2, 0.25) is 0 Å². The molecule has 2 aromatic heterocycles. The van der Waals surface area contributed by atoms with Gasteiger partial charge in [0.05, 0.1) is 6.20 Å². The first-order chi connectivity index (χ1) is 13.6. The number of rotatable bonds is 4. The first-order valence-electron chi connectivity index (χ1n) is 9.56. The van der Waals surface area contributed by atoms with Crippen molar-refractivity contribution < 1.29 is 4.79 Å². The smallest absolute Gasteiger partial charge is 0.272 e. The first-order valence-corrected chi connectivity index (χ1v) is 9.56. The van der Waals surface area contributed by atoms with E-state index in [-0.39, 0.29) is 17.8 Å². The van der Waals surface area contributed by atoms with Gasteiger partial charge in [-0.3, -0.25) is 9.89 Å². The number of carbonyl (C=O) groups is 1. The van der Waals surface area contributed by atoms with Crippen LogP contribution in [0.5, 0.6) is 0 Å². The summed E-state index contributed by atoms with van der Waals surface area (Å²) in [4.78, 5) is 23.0. The maximum atomic E-state index is 12.9. The van der Waals surface area contributed by atoms with Crippen LogP contribution in [0.25, 0.3) is 0 Å². The topological polar surface area (TPSA) is 101 Å². The number of aryl methyl sites for hydroxylation is 1. The average molecular weight is 376 g/mol. The minimum atomic E-state index is -0.0916. The number of hydrogen-bond donors (Lipinski definition) is 2. The van der Waals surface area contributed by atoms with Crippen molar-refractivity contribution in [3.05, 3.63) is 70.8 Å². The van der Waals surface area contributed by atoms with Crippen molar-refractivity contribution in [2.45, 2.75) is 32.1 Å². The molecule has 1 aromatic carbocycles. The predicted molar refractivity (Wildman–Crippen MR) is 107 cm³/mol. The van der Waals surface area contributed by atoms with Crippen molar-refractivity contribution in [3.63, 3.8) is 0 Å². The molecule has 0 aliphatic carbocycles. The third-order valence-electron chi connectivity index (χ3n) is 5.20. The molecule has 1 saturated heterocycles. The van der Waals surface area contributed by atoms with Gasteiger partial charge in [0, 0.05) is 36.8 Å². The Hall–Kier alpha value is -3.22. The van der Waals surface area contributed by atoms with E-state index in [0.717, 1.165) is 31.5 Å². The number of carbonyl (C=O) groups excluding carboxylic acids is 1. The number of aromatic nitrogens is 4. The van der Waals surface area contributed by atoms with E-state index in [1.165, 1.54) is 11.1 Å². The third-order valence-corrected chi connectivity index (χ3v) is 5.20. The van der Waals surface area contributed by atoms with Crippen molar-refractivity contribution in [3.8, 4) is 0 Å². The van der Waals surface area contributed by atoms with E-state index in [0.29, 0.717) is 17.9 Å². The number of nitrogens with one attached hydrogen (secondary N) is 1. The fourth-order valence-electron chi connectivity index (χ4n) is 3.89. The van der Waals surface area contributed by atoms with Gasteiger partial charge in [-0.15, -0.1) is 0 Å². The number of nitrogen functional groups attached to an aromatic ring is 1. The Labute approximate surface area is 164 Å². The zero-order valence-corrected chi connectivity index (χ0v) is 15.9. The van der Waals surface area contributed by atoms with Gasteiger partial charge in [-0.25, -0.2) is 9.97 Å². The minimum absolute atomic E-state index is 0.0916. The van der Waals surface area contributed by atoms with Gasteiger partial charge in [-0.1, -0.05) is 30.3 Å². The van der Waals surface area contributed by atoms with Crippen LogP contribution < -0.4 is 5.73 Å². The molecule has 3 N–H and O–H groups in total. The van der Waals surface area contributed by atoms with Crippen molar-refractivity contribution in [1.82, 2.24) is 25.1 Å².